The molecular weight excluding hydrogens is 270 g/mol. The molecule has 4 heteroatoms. The van der Waals surface area contributed by atoms with Crippen LogP contribution in [0.2, 0.25) is 0 Å². The molecule has 0 radical (unpaired) electrons. The summed E-state index contributed by atoms with van der Waals surface area (Å²) in [6.07, 6.45) is 0. The monoisotopic (exact) mass is 285 g/mol. The third-order valence-electron chi connectivity index (χ3n) is 2.79. The van der Waals surface area contributed by atoms with E-state index in [0.29, 0.717) is 6.54 Å². The van der Waals surface area contributed by atoms with E-state index in [1.165, 1.54) is 11.3 Å². The van der Waals surface area contributed by atoms with Crippen molar-refractivity contribution in [1.82, 2.24) is 5.32 Å². The van der Waals surface area contributed by atoms with E-state index in [0.717, 1.165) is 21.6 Å². The van der Waals surface area contributed by atoms with E-state index in [2.05, 4.69) is 17.2 Å². The van der Waals surface area contributed by atoms with Gasteiger partial charge in [-0.2, -0.15) is 0 Å². The molecule has 1 amide bonds. The van der Waals surface area contributed by atoms with Crippen molar-refractivity contribution in [2.24, 2.45) is 0 Å². The van der Waals surface area contributed by atoms with Crippen molar-refractivity contribution < 1.29 is 9.90 Å². The summed E-state index contributed by atoms with van der Waals surface area (Å²) < 4.78 is 0. The first kappa shape index (κ1) is 14.3. The predicted molar refractivity (Wildman–Crippen MR) is 80.6 cm³/mol. The second-order valence-corrected chi connectivity index (χ2v) is 5.19. The molecule has 0 bridgehead atoms. The van der Waals surface area contributed by atoms with Crippen LogP contribution in [0, 0.1) is 18.8 Å². The number of aliphatic hydroxyl groups is 1. The van der Waals surface area contributed by atoms with Gasteiger partial charge in [0.1, 0.15) is 6.61 Å². The van der Waals surface area contributed by atoms with Gasteiger partial charge in [-0.3, -0.25) is 4.79 Å². The van der Waals surface area contributed by atoms with Crippen LogP contribution in [0.25, 0.3) is 0 Å². The van der Waals surface area contributed by atoms with Crippen molar-refractivity contribution in [2.75, 3.05) is 6.61 Å². The summed E-state index contributed by atoms with van der Waals surface area (Å²) in [6.45, 7) is 2.28. The van der Waals surface area contributed by atoms with Crippen LogP contribution in [0.1, 0.15) is 26.4 Å². The van der Waals surface area contributed by atoms with E-state index in [9.17, 15) is 4.79 Å². The predicted octanol–water partition coefficient (Wildman–Crippen LogP) is 2.33. The fraction of sp³-hybridized carbons (Fsp3) is 0.188. The number of carbonyl (C=O) groups is 1. The highest BCUT2D eigenvalue weighted by Gasteiger charge is 2.09. The van der Waals surface area contributed by atoms with Crippen molar-refractivity contribution in [3.05, 3.63) is 57.3 Å². The number of thiophene rings is 1. The number of hydrogen-bond donors (Lipinski definition) is 2. The van der Waals surface area contributed by atoms with Gasteiger partial charge in [-0.15, -0.1) is 11.3 Å². The average Bonchev–Trinajstić information content (AvgIpc) is 2.90. The molecular formula is C16H15NO2S. The SMILES string of the molecule is Cc1ccsc1C(=O)NCc1ccc(C#CCO)cc1. The smallest absolute Gasteiger partial charge is 0.261 e. The Hall–Kier alpha value is -2.09. The van der Waals surface area contributed by atoms with Gasteiger partial charge in [0.2, 0.25) is 0 Å². The first-order chi connectivity index (χ1) is 9.70. The number of aryl methyl sites for hydroxylation is 1. The number of nitrogens with one attached hydrogen (secondary N) is 1. The van der Waals surface area contributed by atoms with Crippen LogP contribution in [0.15, 0.2) is 35.7 Å². The summed E-state index contributed by atoms with van der Waals surface area (Å²) in [5.41, 5.74) is 2.87. The zero-order valence-corrected chi connectivity index (χ0v) is 12.0. The van der Waals surface area contributed by atoms with Gasteiger partial charge in [-0.25, -0.2) is 0 Å². The Labute approximate surface area is 122 Å². The molecule has 1 heterocycles. The highest BCUT2D eigenvalue weighted by molar-refractivity contribution is 7.12. The maximum atomic E-state index is 12.0. The molecule has 1 aromatic heterocycles. The minimum Gasteiger partial charge on any atom is -0.384 e. The normalized spacial score (nSPS) is 9.70. The largest absolute Gasteiger partial charge is 0.384 e. The summed E-state index contributed by atoms with van der Waals surface area (Å²) >= 11 is 1.45. The molecule has 0 aliphatic heterocycles. The van der Waals surface area contributed by atoms with Gasteiger partial charge in [0, 0.05) is 12.1 Å². The van der Waals surface area contributed by atoms with Crippen LogP contribution in [-0.4, -0.2) is 17.6 Å². The van der Waals surface area contributed by atoms with E-state index < -0.39 is 0 Å². The average molecular weight is 285 g/mol. The number of carbonyl (C=O) groups excluding carboxylic acids is 1. The lowest BCUT2D eigenvalue weighted by Gasteiger charge is -2.05. The van der Waals surface area contributed by atoms with Crippen LogP contribution in [0.4, 0.5) is 0 Å². The van der Waals surface area contributed by atoms with E-state index in [1.54, 1.807) is 0 Å². The zero-order valence-electron chi connectivity index (χ0n) is 11.1. The number of amides is 1. The first-order valence-electron chi connectivity index (χ1n) is 6.21. The highest BCUT2D eigenvalue weighted by Crippen LogP contribution is 2.15. The van der Waals surface area contributed by atoms with E-state index in [-0.39, 0.29) is 12.5 Å². The molecule has 2 N–H and O–H groups in total. The quantitative estimate of drug-likeness (QED) is 0.850. The molecule has 2 rings (SSSR count). The Morgan fingerprint density at radius 2 is 2.05 bits per heavy atom. The summed E-state index contributed by atoms with van der Waals surface area (Å²) in [6, 6.07) is 9.53. The maximum Gasteiger partial charge on any atom is 0.261 e. The topological polar surface area (TPSA) is 49.3 Å². The molecule has 2 aromatic rings. The maximum absolute atomic E-state index is 12.0. The fourth-order valence-electron chi connectivity index (χ4n) is 1.72. The van der Waals surface area contributed by atoms with Crippen LogP contribution < -0.4 is 5.32 Å². The van der Waals surface area contributed by atoms with Gasteiger partial charge >= 0.3 is 0 Å². The minimum absolute atomic E-state index is 0.0401. The van der Waals surface area contributed by atoms with Crippen LogP contribution in [-0.2, 0) is 6.54 Å². The molecule has 0 unspecified atom stereocenters. The number of benzene rings is 1. The van der Waals surface area contributed by atoms with Crippen molar-refractivity contribution in [1.29, 1.82) is 0 Å². The Morgan fingerprint density at radius 3 is 2.65 bits per heavy atom. The molecule has 0 atom stereocenters. The second kappa shape index (κ2) is 6.90. The molecule has 102 valence electrons. The summed E-state index contributed by atoms with van der Waals surface area (Å²) in [5, 5.41) is 13.4. The van der Waals surface area contributed by atoms with Crippen molar-refractivity contribution in [3.63, 3.8) is 0 Å². The van der Waals surface area contributed by atoms with Crippen molar-refractivity contribution >= 4 is 17.2 Å². The first-order valence-corrected chi connectivity index (χ1v) is 7.09. The molecule has 0 aliphatic carbocycles. The molecule has 20 heavy (non-hydrogen) atoms. The van der Waals surface area contributed by atoms with Gasteiger partial charge in [0.25, 0.3) is 5.91 Å². The van der Waals surface area contributed by atoms with Crippen LogP contribution >= 0.6 is 11.3 Å². The Morgan fingerprint density at radius 1 is 1.30 bits per heavy atom. The number of rotatable bonds is 3. The molecule has 1 aromatic carbocycles. The van der Waals surface area contributed by atoms with Crippen molar-refractivity contribution in [2.45, 2.75) is 13.5 Å². The molecule has 0 fully saturated rings. The highest BCUT2D eigenvalue weighted by atomic mass is 32.1. The lowest BCUT2D eigenvalue weighted by molar-refractivity contribution is 0.0954. The third kappa shape index (κ3) is 3.70. The van der Waals surface area contributed by atoms with Crippen molar-refractivity contribution in [3.8, 4) is 11.8 Å². The summed E-state index contributed by atoms with van der Waals surface area (Å²) in [5.74, 6) is 5.39. The summed E-state index contributed by atoms with van der Waals surface area (Å²) in [4.78, 5) is 12.7. The molecule has 3 nitrogen and oxygen atoms in total. The van der Waals surface area contributed by atoms with Crippen LogP contribution in [0.5, 0.6) is 0 Å². The molecule has 0 saturated carbocycles. The van der Waals surface area contributed by atoms with Gasteiger partial charge in [0.05, 0.1) is 4.88 Å². The Bertz CT molecular complexity index is 647. The lowest BCUT2D eigenvalue weighted by Crippen LogP contribution is -2.22. The van der Waals surface area contributed by atoms with E-state index in [1.807, 2.05) is 42.6 Å². The fourth-order valence-corrected chi connectivity index (χ4v) is 2.56. The van der Waals surface area contributed by atoms with Gasteiger partial charge in [-0.05, 0) is 41.6 Å². The number of aliphatic hydroxyl groups excluding tert-OH is 1. The summed E-state index contributed by atoms with van der Waals surface area (Å²) in [7, 11) is 0. The minimum atomic E-state index is -0.141. The standard InChI is InChI=1S/C16H15NO2S/c1-12-8-10-20-15(12)16(19)17-11-14-6-4-13(5-7-14)3-2-9-18/h4-8,10,18H,9,11H2,1H3,(H,17,19). The Balaban J connectivity index is 1.94. The van der Waals surface area contributed by atoms with Gasteiger partial charge in [0.15, 0.2) is 0 Å². The second-order valence-electron chi connectivity index (χ2n) is 4.27. The van der Waals surface area contributed by atoms with E-state index >= 15 is 0 Å². The number of hydrogen-bond acceptors (Lipinski definition) is 3. The molecule has 0 spiro atoms. The van der Waals surface area contributed by atoms with Gasteiger partial charge < -0.3 is 10.4 Å². The van der Waals surface area contributed by atoms with Crippen LogP contribution in [0.3, 0.4) is 0 Å². The zero-order chi connectivity index (χ0) is 14.4. The third-order valence-corrected chi connectivity index (χ3v) is 3.80. The lowest BCUT2D eigenvalue weighted by atomic mass is 10.1. The molecule has 0 saturated heterocycles. The van der Waals surface area contributed by atoms with E-state index in [4.69, 9.17) is 5.11 Å². The Kier molecular flexibility index (Phi) is 4.94. The van der Waals surface area contributed by atoms with Gasteiger partial charge in [-0.1, -0.05) is 24.0 Å². The molecule has 0 aliphatic rings.